The number of carbonyl (C=O) groups is 1. The molecule has 0 aliphatic heterocycles. The van der Waals surface area contributed by atoms with Gasteiger partial charge in [-0.05, 0) is 44.6 Å². The molecule has 0 radical (unpaired) electrons. The number of pyridine rings is 1. The number of ether oxygens (including phenoxy) is 1. The van der Waals surface area contributed by atoms with Gasteiger partial charge in [-0.2, -0.15) is 0 Å². The number of halogens is 1. The number of nitrogens with two attached hydrogens (primary N) is 1. The summed E-state index contributed by atoms with van der Waals surface area (Å²) in [4.78, 5) is 15.8. The first-order chi connectivity index (χ1) is 9.47. The molecule has 1 heterocycles. The van der Waals surface area contributed by atoms with Crippen molar-refractivity contribution in [1.82, 2.24) is 4.98 Å². The number of hydrogen-bond acceptors (Lipinski definition) is 5. The van der Waals surface area contributed by atoms with Crippen LogP contribution >= 0.6 is 23.4 Å². The van der Waals surface area contributed by atoms with Crippen LogP contribution < -0.4 is 5.73 Å². The van der Waals surface area contributed by atoms with E-state index < -0.39 is 5.54 Å². The smallest absolute Gasteiger partial charge is 0.325 e. The van der Waals surface area contributed by atoms with Gasteiger partial charge in [-0.1, -0.05) is 18.0 Å². The lowest BCUT2D eigenvalue weighted by Crippen LogP contribution is -2.46. The Bertz CT molecular complexity index is 441. The number of esters is 1. The van der Waals surface area contributed by atoms with E-state index in [1.807, 2.05) is 12.1 Å². The lowest BCUT2D eigenvalue weighted by molar-refractivity contribution is -0.149. The molecule has 0 spiro atoms. The van der Waals surface area contributed by atoms with Crippen LogP contribution in [0.4, 0.5) is 0 Å². The van der Waals surface area contributed by atoms with Crippen LogP contribution in [0.1, 0.15) is 33.1 Å². The zero-order valence-corrected chi connectivity index (χ0v) is 13.5. The number of thioether (sulfide) groups is 1. The average molecular weight is 317 g/mol. The fourth-order valence-corrected chi connectivity index (χ4v) is 2.81. The second-order valence-electron chi connectivity index (χ2n) is 4.73. The molecule has 1 aromatic rings. The molecule has 0 saturated carbocycles. The minimum Gasteiger partial charge on any atom is -0.465 e. The molecule has 6 heteroatoms. The van der Waals surface area contributed by atoms with Gasteiger partial charge in [0.2, 0.25) is 0 Å². The first kappa shape index (κ1) is 17.3. The highest BCUT2D eigenvalue weighted by molar-refractivity contribution is 7.99. The largest absolute Gasteiger partial charge is 0.465 e. The van der Waals surface area contributed by atoms with Crippen molar-refractivity contribution in [1.29, 1.82) is 0 Å². The molecule has 1 rings (SSSR count). The molecule has 1 unspecified atom stereocenters. The molecule has 1 aromatic heterocycles. The van der Waals surface area contributed by atoms with Crippen molar-refractivity contribution in [2.24, 2.45) is 5.73 Å². The summed E-state index contributed by atoms with van der Waals surface area (Å²) in [5.74, 6) is 0.566. The van der Waals surface area contributed by atoms with E-state index in [0.717, 1.165) is 23.6 Å². The number of nitrogens with zero attached hydrogens (tertiary/aromatic N) is 1. The molecule has 0 fully saturated rings. The standard InChI is InChI=1S/C14H21ClN2O2S/c1-3-19-13(18)14(2,16)8-4-5-10-20-12-11(15)7-6-9-17-12/h6-7,9H,3-5,8,10,16H2,1-2H3. The maximum absolute atomic E-state index is 11.6. The van der Waals surface area contributed by atoms with Crippen molar-refractivity contribution < 1.29 is 9.53 Å². The molecule has 0 aliphatic carbocycles. The Morgan fingerprint density at radius 3 is 2.95 bits per heavy atom. The quantitative estimate of drug-likeness (QED) is 0.453. The van der Waals surface area contributed by atoms with Crippen molar-refractivity contribution in [3.05, 3.63) is 23.4 Å². The third-order valence-electron chi connectivity index (χ3n) is 2.80. The number of carbonyl (C=O) groups excluding carboxylic acids is 1. The van der Waals surface area contributed by atoms with Crippen molar-refractivity contribution in [3.63, 3.8) is 0 Å². The molecule has 0 amide bonds. The van der Waals surface area contributed by atoms with Gasteiger partial charge < -0.3 is 10.5 Å². The van der Waals surface area contributed by atoms with Crippen LogP contribution in [0.2, 0.25) is 5.02 Å². The second kappa shape index (κ2) is 8.49. The minimum atomic E-state index is -0.899. The van der Waals surface area contributed by atoms with Gasteiger partial charge in [0.15, 0.2) is 0 Å². The van der Waals surface area contributed by atoms with Gasteiger partial charge in [0, 0.05) is 6.20 Å². The summed E-state index contributed by atoms with van der Waals surface area (Å²) in [5, 5.41) is 1.52. The van der Waals surface area contributed by atoms with E-state index in [1.54, 1.807) is 31.8 Å². The minimum absolute atomic E-state index is 0.333. The van der Waals surface area contributed by atoms with Gasteiger partial charge in [0.1, 0.15) is 10.6 Å². The Balaban J connectivity index is 2.25. The van der Waals surface area contributed by atoms with Gasteiger partial charge in [-0.15, -0.1) is 11.8 Å². The highest BCUT2D eigenvalue weighted by atomic mass is 35.5. The summed E-state index contributed by atoms with van der Waals surface area (Å²) in [6.45, 7) is 3.86. The second-order valence-corrected chi connectivity index (χ2v) is 6.22. The highest BCUT2D eigenvalue weighted by Crippen LogP contribution is 2.25. The van der Waals surface area contributed by atoms with Crippen molar-refractivity contribution in [2.45, 2.75) is 43.7 Å². The highest BCUT2D eigenvalue weighted by Gasteiger charge is 2.28. The number of rotatable bonds is 8. The van der Waals surface area contributed by atoms with Crippen LogP contribution in [-0.4, -0.2) is 28.9 Å². The molecular formula is C14H21ClN2O2S. The van der Waals surface area contributed by atoms with Crippen molar-refractivity contribution >= 4 is 29.3 Å². The van der Waals surface area contributed by atoms with Crippen LogP contribution in [0, 0.1) is 0 Å². The Hall–Kier alpha value is -0.780. The Morgan fingerprint density at radius 1 is 1.55 bits per heavy atom. The van der Waals surface area contributed by atoms with E-state index in [9.17, 15) is 4.79 Å². The van der Waals surface area contributed by atoms with Crippen molar-refractivity contribution in [2.75, 3.05) is 12.4 Å². The van der Waals surface area contributed by atoms with Crippen molar-refractivity contribution in [3.8, 4) is 0 Å². The summed E-state index contributed by atoms with van der Waals surface area (Å²) >= 11 is 7.64. The zero-order chi connectivity index (χ0) is 15.0. The van der Waals surface area contributed by atoms with Crippen LogP contribution in [-0.2, 0) is 9.53 Å². The maximum Gasteiger partial charge on any atom is 0.325 e. The molecule has 0 aliphatic rings. The topological polar surface area (TPSA) is 65.2 Å². The number of aromatic nitrogens is 1. The summed E-state index contributed by atoms with van der Waals surface area (Å²) < 4.78 is 4.95. The van der Waals surface area contributed by atoms with Gasteiger partial charge in [-0.3, -0.25) is 4.79 Å². The van der Waals surface area contributed by atoms with Crippen LogP contribution in [0.3, 0.4) is 0 Å². The lowest BCUT2D eigenvalue weighted by Gasteiger charge is -2.21. The first-order valence-corrected chi connectivity index (χ1v) is 8.03. The fraction of sp³-hybridized carbons (Fsp3) is 0.571. The van der Waals surface area contributed by atoms with Gasteiger partial charge >= 0.3 is 5.97 Å². The van der Waals surface area contributed by atoms with Gasteiger partial charge in [0.05, 0.1) is 11.6 Å². The van der Waals surface area contributed by atoms with E-state index in [1.165, 1.54) is 0 Å². The predicted molar refractivity (Wildman–Crippen MR) is 83.0 cm³/mol. The molecule has 0 saturated heterocycles. The monoisotopic (exact) mass is 316 g/mol. The van der Waals surface area contributed by atoms with E-state index in [-0.39, 0.29) is 5.97 Å². The molecule has 2 N–H and O–H groups in total. The SMILES string of the molecule is CCOC(=O)C(C)(N)CCCCSc1ncccc1Cl. The molecule has 20 heavy (non-hydrogen) atoms. The molecule has 112 valence electrons. The van der Waals surface area contributed by atoms with Crippen LogP contribution in [0.5, 0.6) is 0 Å². The molecule has 0 aromatic carbocycles. The van der Waals surface area contributed by atoms with Crippen LogP contribution in [0.15, 0.2) is 23.4 Å². The van der Waals surface area contributed by atoms with E-state index in [0.29, 0.717) is 18.1 Å². The number of hydrogen-bond donors (Lipinski definition) is 1. The molecule has 0 bridgehead atoms. The average Bonchev–Trinajstić information content (AvgIpc) is 2.40. The van der Waals surface area contributed by atoms with Gasteiger partial charge in [0.25, 0.3) is 0 Å². The third-order valence-corrected chi connectivity index (χ3v) is 4.30. The van der Waals surface area contributed by atoms with E-state index in [2.05, 4.69) is 4.98 Å². The van der Waals surface area contributed by atoms with E-state index >= 15 is 0 Å². The third kappa shape index (κ3) is 5.69. The maximum atomic E-state index is 11.6. The first-order valence-electron chi connectivity index (χ1n) is 6.67. The van der Waals surface area contributed by atoms with Gasteiger partial charge in [-0.25, -0.2) is 4.98 Å². The fourth-order valence-electron chi connectivity index (χ4n) is 1.64. The molecule has 1 atom stereocenters. The molecular weight excluding hydrogens is 296 g/mol. The summed E-state index contributed by atoms with van der Waals surface area (Å²) in [5.41, 5.74) is 5.05. The summed E-state index contributed by atoms with van der Waals surface area (Å²) in [6, 6.07) is 3.64. The van der Waals surface area contributed by atoms with Crippen LogP contribution in [0.25, 0.3) is 0 Å². The number of unbranched alkanes of at least 4 members (excludes halogenated alkanes) is 1. The molecule has 4 nitrogen and oxygen atoms in total. The predicted octanol–water partition coefficient (Wildman–Crippen LogP) is 3.28. The Morgan fingerprint density at radius 2 is 2.30 bits per heavy atom. The van der Waals surface area contributed by atoms with E-state index in [4.69, 9.17) is 22.1 Å². The zero-order valence-electron chi connectivity index (χ0n) is 11.9. The summed E-state index contributed by atoms with van der Waals surface area (Å²) in [6.07, 6.45) is 4.15. The lowest BCUT2D eigenvalue weighted by atomic mass is 9.96. The summed E-state index contributed by atoms with van der Waals surface area (Å²) in [7, 11) is 0. The normalized spacial score (nSPS) is 13.8. The Labute approximate surface area is 129 Å². The Kier molecular flexibility index (Phi) is 7.34.